The zero-order valence-electron chi connectivity index (χ0n) is 19.2. The number of aromatic nitrogens is 1. The van der Waals surface area contributed by atoms with Gasteiger partial charge in [0.15, 0.2) is 18.1 Å². The molecule has 0 amide bonds. The van der Waals surface area contributed by atoms with Crippen LogP contribution in [0.5, 0.6) is 17.2 Å². The van der Waals surface area contributed by atoms with Crippen molar-refractivity contribution in [1.82, 2.24) is 4.57 Å². The molecule has 0 spiro atoms. The zero-order valence-corrected chi connectivity index (χ0v) is 20.0. The molecule has 0 aliphatic rings. The minimum Gasteiger partial charge on any atom is -0.496 e. The number of halogens is 1. The Morgan fingerprint density at radius 3 is 2.15 bits per heavy atom. The average Bonchev–Trinajstić information content (AvgIpc) is 3.11. The summed E-state index contributed by atoms with van der Waals surface area (Å²) in [7, 11) is 4.37. The first kappa shape index (κ1) is 24.2. The predicted molar refractivity (Wildman–Crippen MR) is 125 cm³/mol. The van der Waals surface area contributed by atoms with Crippen molar-refractivity contribution in [2.24, 2.45) is 0 Å². The summed E-state index contributed by atoms with van der Waals surface area (Å²) in [6, 6.07) is 12.3. The Morgan fingerprint density at radius 1 is 0.879 bits per heavy atom. The molecule has 3 aromatic rings. The van der Waals surface area contributed by atoms with Crippen molar-refractivity contribution in [2.45, 2.75) is 20.4 Å². The highest BCUT2D eigenvalue weighted by atomic mass is 35.5. The van der Waals surface area contributed by atoms with Crippen LogP contribution in [0.1, 0.15) is 37.7 Å². The summed E-state index contributed by atoms with van der Waals surface area (Å²) in [5, 5.41) is 0.663. The predicted octanol–water partition coefficient (Wildman–Crippen LogP) is 4.87. The van der Waals surface area contributed by atoms with Crippen molar-refractivity contribution >= 4 is 23.4 Å². The molecule has 0 aliphatic heterocycles. The van der Waals surface area contributed by atoms with Crippen molar-refractivity contribution in [3.05, 3.63) is 75.6 Å². The summed E-state index contributed by atoms with van der Waals surface area (Å²) in [5.74, 6) is 0.00276. The molecule has 0 atom stereocenters. The van der Waals surface area contributed by atoms with Gasteiger partial charge in [-0.25, -0.2) is 4.79 Å². The number of carbonyl (C=O) groups excluding carboxylic acids is 2. The van der Waals surface area contributed by atoms with E-state index in [1.807, 2.05) is 42.7 Å². The first-order valence-corrected chi connectivity index (χ1v) is 10.6. The number of methoxy groups -OCH3 is 3. The van der Waals surface area contributed by atoms with Gasteiger partial charge in [0.1, 0.15) is 11.3 Å². The lowest BCUT2D eigenvalue weighted by Gasteiger charge is -2.13. The number of hydrogen-bond acceptors (Lipinski definition) is 6. The van der Waals surface area contributed by atoms with E-state index in [2.05, 4.69) is 0 Å². The number of Topliss-reactive ketones (excluding diaryl/α,β-unsaturated/α-hetero) is 1. The van der Waals surface area contributed by atoms with Crippen LogP contribution in [0, 0.1) is 13.8 Å². The number of aryl methyl sites for hydroxylation is 1. The third kappa shape index (κ3) is 5.14. The number of hydrogen-bond donors (Lipinski definition) is 0. The Bertz CT molecular complexity index is 1180. The molecular weight excluding hydrogens is 446 g/mol. The highest BCUT2D eigenvalue weighted by molar-refractivity contribution is 6.31. The minimum absolute atomic E-state index is 0.132. The van der Waals surface area contributed by atoms with Gasteiger partial charge >= 0.3 is 5.97 Å². The lowest BCUT2D eigenvalue weighted by atomic mass is 10.1. The summed E-state index contributed by atoms with van der Waals surface area (Å²) >= 11 is 6.29. The van der Waals surface area contributed by atoms with Gasteiger partial charge in [0.25, 0.3) is 0 Å². The Morgan fingerprint density at radius 2 is 1.52 bits per heavy atom. The first-order valence-electron chi connectivity index (χ1n) is 10.2. The number of esters is 1. The third-order valence-electron chi connectivity index (χ3n) is 5.42. The minimum atomic E-state index is -0.703. The molecule has 3 rings (SSSR count). The lowest BCUT2D eigenvalue weighted by Crippen LogP contribution is -2.16. The van der Waals surface area contributed by atoms with Gasteiger partial charge in [0, 0.05) is 40.7 Å². The number of benzene rings is 2. The fraction of sp³-hybridized carbons (Fsp3) is 0.280. The highest BCUT2D eigenvalue weighted by Crippen LogP contribution is 2.35. The molecule has 1 heterocycles. The van der Waals surface area contributed by atoms with E-state index < -0.39 is 12.6 Å². The van der Waals surface area contributed by atoms with Crippen molar-refractivity contribution in [3.63, 3.8) is 0 Å². The summed E-state index contributed by atoms with van der Waals surface area (Å²) in [6.07, 6.45) is 0. The van der Waals surface area contributed by atoms with Crippen molar-refractivity contribution < 1.29 is 28.5 Å². The Kier molecular flexibility index (Phi) is 7.66. The molecule has 1 aromatic heterocycles. The number of ether oxygens (including phenoxy) is 4. The molecule has 0 unspecified atom stereocenters. The molecule has 0 saturated carbocycles. The molecule has 7 nitrogen and oxygen atoms in total. The monoisotopic (exact) mass is 471 g/mol. The maximum atomic E-state index is 12.9. The molecule has 0 saturated heterocycles. The van der Waals surface area contributed by atoms with Crippen LogP contribution in [0.15, 0.2) is 42.5 Å². The zero-order chi connectivity index (χ0) is 24.1. The van der Waals surface area contributed by atoms with Gasteiger partial charge in [-0.05, 0) is 31.5 Å². The molecular formula is C25H26ClNO6. The van der Waals surface area contributed by atoms with Crippen LogP contribution in [0.3, 0.4) is 0 Å². The summed E-state index contributed by atoms with van der Waals surface area (Å²) in [5.41, 5.74) is 3.26. The molecule has 33 heavy (non-hydrogen) atoms. The van der Waals surface area contributed by atoms with E-state index in [4.69, 9.17) is 30.5 Å². The normalized spacial score (nSPS) is 10.6. The SMILES string of the molecule is COc1cc(OC)c(C(=O)OCC(=O)c2cc(C)n(Cc3ccccc3Cl)c2C)cc1OC. The lowest BCUT2D eigenvalue weighted by molar-refractivity contribution is 0.0471. The highest BCUT2D eigenvalue weighted by Gasteiger charge is 2.22. The van der Waals surface area contributed by atoms with E-state index >= 15 is 0 Å². The second kappa shape index (κ2) is 10.4. The molecule has 0 bridgehead atoms. The van der Waals surface area contributed by atoms with Crippen LogP contribution >= 0.6 is 11.6 Å². The van der Waals surface area contributed by atoms with Gasteiger partial charge < -0.3 is 23.5 Å². The van der Waals surface area contributed by atoms with Crippen molar-refractivity contribution in [3.8, 4) is 17.2 Å². The summed E-state index contributed by atoms with van der Waals surface area (Å²) in [6.45, 7) is 3.90. The van der Waals surface area contributed by atoms with E-state index in [0.717, 1.165) is 17.0 Å². The largest absolute Gasteiger partial charge is 0.496 e. The molecule has 2 aromatic carbocycles. The van der Waals surface area contributed by atoms with Crippen LogP contribution in [0.2, 0.25) is 5.02 Å². The molecule has 0 radical (unpaired) electrons. The maximum Gasteiger partial charge on any atom is 0.342 e. The number of ketones is 1. The maximum absolute atomic E-state index is 12.9. The van der Waals surface area contributed by atoms with Gasteiger partial charge in [-0.1, -0.05) is 29.8 Å². The van der Waals surface area contributed by atoms with Crippen LogP contribution in [-0.4, -0.2) is 44.3 Å². The van der Waals surface area contributed by atoms with Crippen LogP contribution in [0.4, 0.5) is 0 Å². The Labute approximate surface area is 197 Å². The van der Waals surface area contributed by atoms with Crippen LogP contribution in [0.25, 0.3) is 0 Å². The third-order valence-corrected chi connectivity index (χ3v) is 5.79. The van der Waals surface area contributed by atoms with Gasteiger partial charge in [-0.15, -0.1) is 0 Å². The number of nitrogens with zero attached hydrogens (tertiary/aromatic N) is 1. The van der Waals surface area contributed by atoms with E-state index in [9.17, 15) is 9.59 Å². The fourth-order valence-electron chi connectivity index (χ4n) is 3.60. The van der Waals surface area contributed by atoms with E-state index in [1.54, 1.807) is 6.07 Å². The smallest absolute Gasteiger partial charge is 0.342 e. The molecule has 0 N–H and O–H groups in total. The molecule has 174 valence electrons. The second-order valence-electron chi connectivity index (χ2n) is 7.37. The molecule has 0 aliphatic carbocycles. The fourth-order valence-corrected chi connectivity index (χ4v) is 3.79. The van der Waals surface area contributed by atoms with E-state index in [-0.39, 0.29) is 17.1 Å². The molecule has 0 fully saturated rings. The van der Waals surface area contributed by atoms with Gasteiger partial charge in [-0.2, -0.15) is 0 Å². The molecule has 8 heteroatoms. The van der Waals surface area contributed by atoms with Gasteiger partial charge in [-0.3, -0.25) is 4.79 Å². The van der Waals surface area contributed by atoms with Crippen LogP contribution < -0.4 is 14.2 Å². The quantitative estimate of drug-likeness (QED) is 0.327. The number of carbonyl (C=O) groups is 2. The standard InChI is InChI=1S/C25H26ClNO6/c1-15-10-18(16(2)27(15)13-17-8-6-7-9-20(17)26)21(28)14-33-25(29)19-11-23(31-4)24(32-5)12-22(19)30-3/h6-12H,13-14H2,1-5H3. The Hall–Kier alpha value is -3.45. The number of rotatable bonds is 9. The Balaban J connectivity index is 1.76. The van der Waals surface area contributed by atoms with Crippen molar-refractivity contribution in [1.29, 1.82) is 0 Å². The average molecular weight is 472 g/mol. The van der Waals surface area contributed by atoms with E-state index in [1.165, 1.54) is 33.5 Å². The topological polar surface area (TPSA) is 76.0 Å². The second-order valence-corrected chi connectivity index (χ2v) is 7.78. The van der Waals surface area contributed by atoms with Crippen LogP contribution in [-0.2, 0) is 11.3 Å². The van der Waals surface area contributed by atoms with Gasteiger partial charge in [0.05, 0.1) is 21.3 Å². The summed E-state index contributed by atoms with van der Waals surface area (Å²) < 4.78 is 23.0. The van der Waals surface area contributed by atoms with E-state index in [0.29, 0.717) is 28.6 Å². The summed E-state index contributed by atoms with van der Waals surface area (Å²) in [4.78, 5) is 25.6. The van der Waals surface area contributed by atoms with Crippen molar-refractivity contribution in [2.75, 3.05) is 27.9 Å². The first-order chi connectivity index (χ1) is 15.8. The van der Waals surface area contributed by atoms with Gasteiger partial charge in [0.2, 0.25) is 5.78 Å².